The second kappa shape index (κ2) is 15.8. The third-order valence-electron chi connectivity index (χ3n) is 6.30. The molecule has 0 aliphatic carbocycles. The van der Waals surface area contributed by atoms with Crippen molar-refractivity contribution >= 4 is 29.7 Å². The first-order valence-electron chi connectivity index (χ1n) is 12.9. The number of nitrogens with two attached hydrogens (primary N) is 3. The van der Waals surface area contributed by atoms with Crippen molar-refractivity contribution in [2.45, 2.75) is 70.1 Å². The summed E-state index contributed by atoms with van der Waals surface area (Å²) < 4.78 is 0. The summed E-state index contributed by atoms with van der Waals surface area (Å²) in [6.45, 7) is 3.70. The van der Waals surface area contributed by atoms with Gasteiger partial charge in [0.2, 0.25) is 17.7 Å². The number of nitrogens with one attached hydrogen (secondary N) is 5. The van der Waals surface area contributed by atoms with Gasteiger partial charge in [0, 0.05) is 43.2 Å². The number of aromatic amines is 2. The number of nitrogens with zero attached hydrogens (tertiary/aromatic N) is 3. The van der Waals surface area contributed by atoms with Crippen molar-refractivity contribution in [3.8, 4) is 0 Å². The number of H-pyrrole nitrogens is 2. The van der Waals surface area contributed by atoms with Crippen LogP contribution in [-0.2, 0) is 32.0 Å². The van der Waals surface area contributed by atoms with Crippen molar-refractivity contribution in [2.75, 3.05) is 6.54 Å². The molecular formula is C24H39N11O5. The summed E-state index contributed by atoms with van der Waals surface area (Å²) in [5.41, 5.74) is 18.0. The number of guanidine groups is 1. The highest BCUT2D eigenvalue weighted by molar-refractivity contribution is 5.94. The summed E-state index contributed by atoms with van der Waals surface area (Å²) in [6.07, 6.45) is 7.04. The summed E-state index contributed by atoms with van der Waals surface area (Å²) in [5.74, 6) is -3.62. The highest BCUT2D eigenvalue weighted by Gasteiger charge is 2.32. The Kier molecular flexibility index (Phi) is 12.6. The summed E-state index contributed by atoms with van der Waals surface area (Å²) in [5, 5.41) is 17.4. The first-order chi connectivity index (χ1) is 19.0. The van der Waals surface area contributed by atoms with Crippen molar-refractivity contribution in [1.82, 2.24) is 35.9 Å². The zero-order valence-electron chi connectivity index (χ0n) is 22.6. The van der Waals surface area contributed by atoms with E-state index in [0.717, 1.165) is 0 Å². The van der Waals surface area contributed by atoms with E-state index >= 15 is 0 Å². The van der Waals surface area contributed by atoms with Crippen molar-refractivity contribution < 1.29 is 24.3 Å². The first-order valence-corrected chi connectivity index (χ1v) is 12.9. The van der Waals surface area contributed by atoms with Crippen LogP contribution in [0.4, 0.5) is 0 Å². The van der Waals surface area contributed by atoms with Gasteiger partial charge in [-0.25, -0.2) is 14.8 Å². The average molecular weight is 562 g/mol. The smallest absolute Gasteiger partial charge is 0.326 e. The second-order valence-electron chi connectivity index (χ2n) is 9.45. The zero-order valence-corrected chi connectivity index (χ0v) is 22.6. The Labute approximate surface area is 231 Å². The van der Waals surface area contributed by atoms with E-state index < -0.39 is 47.9 Å². The van der Waals surface area contributed by atoms with Crippen molar-refractivity contribution in [3.05, 3.63) is 36.4 Å². The molecule has 0 aliphatic heterocycles. The van der Waals surface area contributed by atoms with Gasteiger partial charge in [0.15, 0.2) is 5.96 Å². The summed E-state index contributed by atoms with van der Waals surface area (Å²) in [6, 6.07) is -4.40. The fourth-order valence-electron chi connectivity index (χ4n) is 3.81. The Morgan fingerprint density at radius 1 is 0.950 bits per heavy atom. The number of carboxylic acid groups (broad SMARTS) is 1. The van der Waals surface area contributed by atoms with Crippen LogP contribution in [0.5, 0.6) is 0 Å². The lowest BCUT2D eigenvalue weighted by Crippen LogP contribution is -2.58. The molecule has 0 aliphatic rings. The van der Waals surface area contributed by atoms with Crippen LogP contribution in [0.3, 0.4) is 0 Å². The summed E-state index contributed by atoms with van der Waals surface area (Å²) >= 11 is 0. The standard InChI is InChI=1S/C24H39N11O5/c1-3-13(2)19(23(39)40)35-21(37)17(5-4-6-30-24(26)27)33-22(38)18(8-15-10-29-12-32-15)34-20(36)16(25)7-14-9-28-11-31-14/h9-13,16-19H,3-8,25H2,1-2H3,(H,28,31)(H,29,32)(H,33,38)(H,34,36)(H,35,37)(H,39,40)(H4,26,27,30). The predicted molar refractivity (Wildman–Crippen MR) is 145 cm³/mol. The zero-order chi connectivity index (χ0) is 29.7. The van der Waals surface area contributed by atoms with E-state index in [1.165, 1.54) is 25.0 Å². The van der Waals surface area contributed by atoms with E-state index in [1.54, 1.807) is 13.8 Å². The molecule has 0 saturated carbocycles. The maximum Gasteiger partial charge on any atom is 0.326 e. The molecule has 0 aromatic carbocycles. The number of aromatic nitrogens is 4. The van der Waals surface area contributed by atoms with E-state index in [2.05, 4.69) is 40.9 Å². The number of hydrogen-bond acceptors (Lipinski definition) is 8. The van der Waals surface area contributed by atoms with Crippen LogP contribution >= 0.6 is 0 Å². The molecule has 0 spiro atoms. The van der Waals surface area contributed by atoms with Gasteiger partial charge in [-0.15, -0.1) is 0 Å². The van der Waals surface area contributed by atoms with Gasteiger partial charge in [-0.2, -0.15) is 0 Å². The largest absolute Gasteiger partial charge is 0.480 e. The van der Waals surface area contributed by atoms with Crippen LogP contribution in [0.1, 0.15) is 44.5 Å². The Balaban J connectivity index is 2.20. The monoisotopic (exact) mass is 561 g/mol. The minimum atomic E-state index is -1.19. The van der Waals surface area contributed by atoms with Crippen molar-refractivity contribution in [1.29, 1.82) is 0 Å². The Morgan fingerprint density at radius 3 is 2.05 bits per heavy atom. The molecule has 2 heterocycles. The van der Waals surface area contributed by atoms with Gasteiger partial charge < -0.3 is 48.2 Å². The highest BCUT2D eigenvalue weighted by Crippen LogP contribution is 2.10. The van der Waals surface area contributed by atoms with Crippen LogP contribution in [0.15, 0.2) is 30.0 Å². The molecule has 0 saturated heterocycles. The number of carbonyl (C=O) groups excluding carboxylic acids is 3. The minimum Gasteiger partial charge on any atom is -0.480 e. The molecule has 2 aromatic rings. The number of carbonyl (C=O) groups is 4. The van der Waals surface area contributed by atoms with Gasteiger partial charge in [0.05, 0.1) is 18.7 Å². The predicted octanol–water partition coefficient (Wildman–Crippen LogP) is -2.12. The van der Waals surface area contributed by atoms with Gasteiger partial charge in [-0.1, -0.05) is 20.3 Å². The molecule has 0 fully saturated rings. The lowest BCUT2D eigenvalue weighted by Gasteiger charge is -2.26. The fourth-order valence-corrected chi connectivity index (χ4v) is 3.81. The normalized spacial score (nSPS) is 14.7. The molecule has 5 unspecified atom stereocenters. The quantitative estimate of drug-likeness (QED) is 0.0575. The van der Waals surface area contributed by atoms with Crippen LogP contribution in [0.2, 0.25) is 0 Å². The molecule has 5 atom stereocenters. The molecule has 16 heteroatoms. The first kappa shape index (κ1) is 31.7. The fraction of sp³-hybridized carbons (Fsp3) is 0.542. The van der Waals surface area contributed by atoms with Crippen LogP contribution in [0, 0.1) is 5.92 Å². The molecule has 2 aromatic heterocycles. The number of carboxylic acids is 1. The number of amides is 3. The lowest BCUT2D eigenvalue weighted by molar-refractivity contribution is -0.144. The van der Waals surface area contributed by atoms with E-state index in [9.17, 15) is 24.3 Å². The molecule has 12 N–H and O–H groups in total. The molecule has 3 amide bonds. The Bertz CT molecular complexity index is 1120. The van der Waals surface area contributed by atoms with Gasteiger partial charge >= 0.3 is 5.97 Å². The molecular weight excluding hydrogens is 522 g/mol. The number of aliphatic imine (C=N–C) groups is 1. The average Bonchev–Trinajstić information content (AvgIpc) is 3.62. The summed E-state index contributed by atoms with van der Waals surface area (Å²) in [7, 11) is 0. The third kappa shape index (κ3) is 10.4. The maximum atomic E-state index is 13.4. The highest BCUT2D eigenvalue weighted by atomic mass is 16.4. The molecule has 220 valence electrons. The minimum absolute atomic E-state index is 0.0291. The second-order valence-corrected chi connectivity index (χ2v) is 9.45. The molecule has 0 radical (unpaired) electrons. The maximum absolute atomic E-state index is 13.4. The number of rotatable bonds is 17. The van der Waals surface area contributed by atoms with Crippen LogP contribution < -0.4 is 33.2 Å². The van der Waals surface area contributed by atoms with E-state index in [1.807, 2.05) is 0 Å². The topological polar surface area (TPSA) is 272 Å². The van der Waals surface area contributed by atoms with E-state index in [-0.39, 0.29) is 37.7 Å². The Morgan fingerprint density at radius 2 is 1.52 bits per heavy atom. The van der Waals surface area contributed by atoms with Gasteiger partial charge in [0.25, 0.3) is 0 Å². The lowest BCUT2D eigenvalue weighted by atomic mass is 9.98. The molecule has 0 bridgehead atoms. The SMILES string of the molecule is CCC(C)C(NC(=O)C(CCCN=C(N)N)NC(=O)C(Cc1cnc[nH]1)NC(=O)C(N)Cc1cnc[nH]1)C(=O)O. The number of aliphatic carboxylic acids is 1. The third-order valence-corrected chi connectivity index (χ3v) is 6.30. The van der Waals surface area contributed by atoms with Gasteiger partial charge in [0.1, 0.15) is 18.1 Å². The number of hydrogen-bond donors (Lipinski definition) is 9. The van der Waals surface area contributed by atoms with Crippen LogP contribution in [0.25, 0.3) is 0 Å². The van der Waals surface area contributed by atoms with Gasteiger partial charge in [-0.05, 0) is 18.8 Å². The van der Waals surface area contributed by atoms with Crippen molar-refractivity contribution in [2.24, 2.45) is 28.1 Å². The van der Waals surface area contributed by atoms with Gasteiger partial charge in [-0.3, -0.25) is 19.4 Å². The van der Waals surface area contributed by atoms with Crippen molar-refractivity contribution in [3.63, 3.8) is 0 Å². The molecule has 40 heavy (non-hydrogen) atoms. The molecule has 2 rings (SSSR count). The van der Waals surface area contributed by atoms with E-state index in [4.69, 9.17) is 17.2 Å². The van der Waals surface area contributed by atoms with Crippen LogP contribution in [-0.4, -0.2) is 85.4 Å². The Hall–Kier alpha value is -4.47. The molecule has 16 nitrogen and oxygen atoms in total. The van der Waals surface area contributed by atoms with E-state index in [0.29, 0.717) is 24.2 Å². The summed E-state index contributed by atoms with van der Waals surface area (Å²) in [4.78, 5) is 68.7. The number of imidazole rings is 2.